The fraction of sp³-hybridized carbons (Fsp3) is 0.0833. The summed E-state index contributed by atoms with van der Waals surface area (Å²) in [6.45, 7) is 3.70. The third-order valence-corrected chi connectivity index (χ3v) is 2.93. The second-order valence-electron chi connectivity index (χ2n) is 3.02. The SMILES string of the molecule is C=CCSc1nccn1-c1ccccc1. The lowest BCUT2D eigenvalue weighted by molar-refractivity contribution is 0.897. The fourth-order valence-corrected chi connectivity index (χ4v) is 2.02. The fourth-order valence-electron chi connectivity index (χ4n) is 1.32. The van der Waals surface area contributed by atoms with Gasteiger partial charge in [0.05, 0.1) is 0 Å². The minimum absolute atomic E-state index is 0.879. The number of aromatic nitrogens is 2. The van der Waals surface area contributed by atoms with E-state index in [-0.39, 0.29) is 0 Å². The molecule has 3 heteroatoms. The quantitative estimate of drug-likeness (QED) is 0.577. The summed E-state index contributed by atoms with van der Waals surface area (Å²) in [4.78, 5) is 4.31. The standard InChI is InChI=1S/C12H12N2S/c1-2-10-15-12-13-8-9-14(12)11-6-4-3-5-7-11/h2-9H,1,10H2. The number of thioether (sulfide) groups is 1. The van der Waals surface area contributed by atoms with Gasteiger partial charge in [0, 0.05) is 23.8 Å². The number of imidazole rings is 1. The first-order chi connectivity index (χ1) is 7.42. The van der Waals surface area contributed by atoms with Crippen LogP contribution in [0, 0.1) is 0 Å². The molecule has 1 heterocycles. The van der Waals surface area contributed by atoms with Crippen LogP contribution in [-0.4, -0.2) is 15.3 Å². The Morgan fingerprint density at radius 2 is 2.13 bits per heavy atom. The lowest BCUT2D eigenvalue weighted by Gasteiger charge is -2.05. The Kier molecular flexibility index (Phi) is 3.25. The van der Waals surface area contributed by atoms with Crippen molar-refractivity contribution in [2.45, 2.75) is 5.16 Å². The first kappa shape index (κ1) is 10.1. The molecule has 0 aliphatic rings. The highest BCUT2D eigenvalue weighted by molar-refractivity contribution is 7.99. The monoisotopic (exact) mass is 216 g/mol. The van der Waals surface area contributed by atoms with E-state index in [4.69, 9.17) is 0 Å². The molecule has 0 atom stereocenters. The van der Waals surface area contributed by atoms with Crippen molar-refractivity contribution in [3.63, 3.8) is 0 Å². The molecule has 1 aromatic heterocycles. The number of benzene rings is 1. The van der Waals surface area contributed by atoms with E-state index in [0.29, 0.717) is 0 Å². The van der Waals surface area contributed by atoms with Gasteiger partial charge in [0.1, 0.15) is 0 Å². The summed E-state index contributed by atoms with van der Waals surface area (Å²) >= 11 is 1.68. The lowest BCUT2D eigenvalue weighted by Crippen LogP contribution is -1.94. The van der Waals surface area contributed by atoms with Crippen LogP contribution >= 0.6 is 11.8 Å². The van der Waals surface area contributed by atoms with Gasteiger partial charge >= 0.3 is 0 Å². The average Bonchev–Trinajstić information content (AvgIpc) is 2.75. The highest BCUT2D eigenvalue weighted by Gasteiger charge is 2.03. The number of hydrogen-bond acceptors (Lipinski definition) is 2. The Morgan fingerprint density at radius 1 is 1.33 bits per heavy atom. The van der Waals surface area contributed by atoms with Gasteiger partial charge in [-0.15, -0.1) is 6.58 Å². The number of nitrogens with zero attached hydrogens (tertiary/aromatic N) is 2. The van der Waals surface area contributed by atoms with Crippen molar-refractivity contribution in [2.75, 3.05) is 5.75 Å². The molecular weight excluding hydrogens is 204 g/mol. The summed E-state index contributed by atoms with van der Waals surface area (Å²) in [6.07, 6.45) is 5.67. The molecule has 2 aromatic rings. The summed E-state index contributed by atoms with van der Waals surface area (Å²) in [5.74, 6) is 0.879. The van der Waals surface area contributed by atoms with Gasteiger partial charge < -0.3 is 0 Å². The van der Waals surface area contributed by atoms with Crippen molar-refractivity contribution in [1.29, 1.82) is 0 Å². The Balaban J connectivity index is 2.29. The molecule has 0 unspecified atom stereocenters. The third kappa shape index (κ3) is 2.30. The maximum Gasteiger partial charge on any atom is 0.172 e. The molecule has 0 bridgehead atoms. The van der Waals surface area contributed by atoms with E-state index in [1.807, 2.05) is 36.7 Å². The van der Waals surface area contributed by atoms with Gasteiger partial charge in [-0.05, 0) is 12.1 Å². The van der Waals surface area contributed by atoms with Gasteiger partial charge in [0.2, 0.25) is 0 Å². The van der Waals surface area contributed by atoms with E-state index in [0.717, 1.165) is 16.6 Å². The van der Waals surface area contributed by atoms with Crippen molar-refractivity contribution in [2.24, 2.45) is 0 Å². The molecule has 0 N–H and O–H groups in total. The molecule has 76 valence electrons. The van der Waals surface area contributed by atoms with E-state index < -0.39 is 0 Å². The molecule has 0 saturated carbocycles. The lowest BCUT2D eigenvalue weighted by atomic mass is 10.3. The van der Waals surface area contributed by atoms with Crippen LogP contribution in [-0.2, 0) is 0 Å². The molecular formula is C12H12N2S. The summed E-state index contributed by atoms with van der Waals surface area (Å²) in [5, 5.41) is 1.00. The second kappa shape index (κ2) is 4.84. The van der Waals surface area contributed by atoms with Crippen molar-refractivity contribution in [3.05, 3.63) is 55.4 Å². The maximum absolute atomic E-state index is 4.31. The molecule has 0 saturated heterocycles. The van der Waals surface area contributed by atoms with Gasteiger partial charge in [0.15, 0.2) is 5.16 Å². The van der Waals surface area contributed by atoms with Gasteiger partial charge in [-0.1, -0.05) is 36.0 Å². The zero-order valence-electron chi connectivity index (χ0n) is 8.34. The van der Waals surface area contributed by atoms with Gasteiger partial charge in [-0.25, -0.2) is 4.98 Å². The highest BCUT2D eigenvalue weighted by Crippen LogP contribution is 2.19. The highest BCUT2D eigenvalue weighted by atomic mass is 32.2. The molecule has 0 amide bonds. The van der Waals surface area contributed by atoms with Crippen LogP contribution in [0.5, 0.6) is 0 Å². The first-order valence-corrected chi connectivity index (χ1v) is 5.73. The first-order valence-electron chi connectivity index (χ1n) is 4.74. The molecule has 15 heavy (non-hydrogen) atoms. The number of rotatable bonds is 4. The topological polar surface area (TPSA) is 17.8 Å². The Morgan fingerprint density at radius 3 is 2.87 bits per heavy atom. The molecule has 2 nitrogen and oxygen atoms in total. The summed E-state index contributed by atoms with van der Waals surface area (Å²) in [6, 6.07) is 10.2. The second-order valence-corrected chi connectivity index (χ2v) is 4.00. The van der Waals surface area contributed by atoms with Crippen LogP contribution in [0.25, 0.3) is 5.69 Å². The molecule has 0 fully saturated rings. The number of hydrogen-bond donors (Lipinski definition) is 0. The van der Waals surface area contributed by atoms with Gasteiger partial charge in [-0.2, -0.15) is 0 Å². The third-order valence-electron chi connectivity index (χ3n) is 1.97. The molecule has 0 aliphatic heterocycles. The van der Waals surface area contributed by atoms with Gasteiger partial charge in [-0.3, -0.25) is 4.57 Å². The molecule has 0 radical (unpaired) electrons. The van der Waals surface area contributed by atoms with Crippen LogP contribution in [0.15, 0.2) is 60.5 Å². The smallest absolute Gasteiger partial charge is 0.172 e. The normalized spacial score (nSPS) is 10.1. The summed E-state index contributed by atoms with van der Waals surface area (Å²) in [5.41, 5.74) is 1.14. The molecule has 0 spiro atoms. The largest absolute Gasteiger partial charge is 0.295 e. The average molecular weight is 216 g/mol. The van der Waals surface area contributed by atoms with Crippen molar-refractivity contribution in [1.82, 2.24) is 9.55 Å². The maximum atomic E-state index is 4.31. The Bertz CT molecular complexity index is 434. The minimum Gasteiger partial charge on any atom is -0.295 e. The summed E-state index contributed by atoms with van der Waals surface area (Å²) < 4.78 is 2.08. The van der Waals surface area contributed by atoms with Crippen LogP contribution in [0.4, 0.5) is 0 Å². The van der Waals surface area contributed by atoms with E-state index in [2.05, 4.69) is 28.3 Å². The van der Waals surface area contributed by atoms with E-state index in [1.54, 1.807) is 11.8 Å². The van der Waals surface area contributed by atoms with Gasteiger partial charge in [0.25, 0.3) is 0 Å². The zero-order valence-corrected chi connectivity index (χ0v) is 9.15. The molecule has 1 aromatic carbocycles. The van der Waals surface area contributed by atoms with Crippen molar-refractivity contribution >= 4 is 11.8 Å². The van der Waals surface area contributed by atoms with Crippen LogP contribution < -0.4 is 0 Å². The van der Waals surface area contributed by atoms with Crippen LogP contribution in [0.2, 0.25) is 0 Å². The van der Waals surface area contributed by atoms with Crippen LogP contribution in [0.1, 0.15) is 0 Å². The number of para-hydroxylation sites is 1. The van der Waals surface area contributed by atoms with Crippen LogP contribution in [0.3, 0.4) is 0 Å². The van der Waals surface area contributed by atoms with Crippen molar-refractivity contribution in [3.8, 4) is 5.69 Å². The van der Waals surface area contributed by atoms with Crippen molar-refractivity contribution < 1.29 is 0 Å². The Hall–Kier alpha value is -1.48. The Labute approximate surface area is 93.7 Å². The van der Waals surface area contributed by atoms with E-state index in [9.17, 15) is 0 Å². The van der Waals surface area contributed by atoms with E-state index in [1.165, 1.54) is 0 Å². The zero-order chi connectivity index (χ0) is 10.5. The summed E-state index contributed by atoms with van der Waals surface area (Å²) in [7, 11) is 0. The predicted molar refractivity (Wildman–Crippen MR) is 64.5 cm³/mol. The molecule has 2 rings (SSSR count). The molecule has 0 aliphatic carbocycles. The minimum atomic E-state index is 0.879. The van der Waals surface area contributed by atoms with E-state index >= 15 is 0 Å². The predicted octanol–water partition coefficient (Wildman–Crippen LogP) is 3.15.